The predicted octanol–water partition coefficient (Wildman–Crippen LogP) is 2.15. The minimum Gasteiger partial charge on any atom is -0.258 e. The molecule has 0 heterocycles. The minimum absolute atomic E-state index is 0.514. The number of nitro groups is 2. The highest BCUT2D eigenvalue weighted by molar-refractivity contribution is 6.25. The van der Waals surface area contributed by atoms with Crippen LogP contribution >= 0.6 is 11.6 Å². The predicted molar refractivity (Wildman–Crippen MR) is 51.8 cm³/mol. The van der Waals surface area contributed by atoms with E-state index in [1.165, 1.54) is 0 Å². The summed E-state index contributed by atoms with van der Waals surface area (Å²) in [5.74, 6) is 0. The highest BCUT2D eigenvalue weighted by Crippen LogP contribution is 2.39. The summed E-state index contributed by atoms with van der Waals surface area (Å²) >= 11 is 5.10. The van der Waals surface area contributed by atoms with Crippen LogP contribution in [0, 0.1) is 20.2 Å². The molecule has 0 saturated carbocycles. The zero-order valence-corrected chi connectivity index (χ0v) is 8.81. The quantitative estimate of drug-likeness (QED) is 0.334. The van der Waals surface area contributed by atoms with E-state index in [-0.39, 0.29) is 0 Å². The zero-order chi connectivity index (χ0) is 13.7. The van der Waals surface area contributed by atoms with Gasteiger partial charge in [0, 0.05) is 0 Å². The molecule has 10 heteroatoms. The average Bonchev–Trinajstić information content (AvgIpc) is 2.17. The largest absolute Gasteiger partial charge is 0.527 e. The number of rotatable bonds is 2. The highest BCUT2D eigenvalue weighted by atomic mass is 35.5. The maximum atomic E-state index is 13.4. The Morgan fingerprint density at radius 1 is 1.12 bits per heavy atom. The van der Waals surface area contributed by atoms with Crippen molar-refractivity contribution in [3.8, 4) is 0 Å². The van der Waals surface area contributed by atoms with Crippen LogP contribution in [-0.4, -0.2) is 27.6 Å². The normalized spacial score (nSPS) is 24.7. The lowest BCUT2D eigenvalue weighted by Crippen LogP contribution is -2.57. The monoisotopic (exact) mass is 274 g/mol. The molecular weight excluding hydrogens is 269 g/mol. The second-order valence-corrected chi connectivity index (χ2v) is 3.23. The van der Waals surface area contributed by atoms with Gasteiger partial charge < -0.3 is 0 Å². The average molecular weight is 275 g/mol. The van der Waals surface area contributed by atoms with Crippen molar-refractivity contribution in [1.82, 2.24) is 0 Å². The Morgan fingerprint density at radius 2 is 1.47 bits per heavy atom. The molecule has 0 aromatic rings. The summed E-state index contributed by atoms with van der Waals surface area (Å²) in [5.41, 5.74) is -3.15. The van der Waals surface area contributed by atoms with Gasteiger partial charge in [-0.1, -0.05) is 23.8 Å². The van der Waals surface area contributed by atoms with Crippen molar-refractivity contribution in [2.75, 3.05) is 6.93 Å². The van der Waals surface area contributed by atoms with Gasteiger partial charge in [-0.05, 0) is 6.08 Å². The molecule has 0 spiro atoms. The molecule has 0 bridgehead atoms. The van der Waals surface area contributed by atoms with Gasteiger partial charge in [0.2, 0.25) is 6.93 Å². The van der Waals surface area contributed by atoms with Gasteiger partial charge in [0.25, 0.3) is 0 Å². The highest BCUT2D eigenvalue weighted by Gasteiger charge is 2.71. The molecule has 1 aliphatic carbocycles. The summed E-state index contributed by atoms with van der Waals surface area (Å²) in [6, 6.07) is 0. The van der Waals surface area contributed by atoms with Crippen LogP contribution < -0.4 is 0 Å². The van der Waals surface area contributed by atoms with E-state index < -0.39 is 27.6 Å². The standard InChI is InChI=1S/C6H4ClFN2O4.CH2F2/c7-5(8)3-1-2-4-6(5,9(11)12)10(13)14;2-1-3/h1-4H;1H2. The van der Waals surface area contributed by atoms with Gasteiger partial charge in [0.05, 0.1) is 6.08 Å². The van der Waals surface area contributed by atoms with E-state index in [4.69, 9.17) is 11.6 Å². The van der Waals surface area contributed by atoms with Gasteiger partial charge in [-0.25, -0.2) is 13.2 Å². The molecule has 6 nitrogen and oxygen atoms in total. The number of hydrogen-bond acceptors (Lipinski definition) is 4. The summed E-state index contributed by atoms with van der Waals surface area (Å²) < 4.78 is 32.7. The number of hydrogen-bond donors (Lipinski definition) is 0. The molecule has 0 saturated heterocycles. The first kappa shape index (κ1) is 15.4. The van der Waals surface area contributed by atoms with Gasteiger partial charge in [-0.2, -0.15) is 0 Å². The van der Waals surface area contributed by atoms with Crippen LogP contribution in [-0.2, 0) is 0 Å². The van der Waals surface area contributed by atoms with E-state index in [1.807, 2.05) is 0 Å². The Balaban J connectivity index is 0.000000770. The van der Waals surface area contributed by atoms with Crippen molar-refractivity contribution >= 4 is 11.6 Å². The van der Waals surface area contributed by atoms with Crippen LogP contribution in [0.25, 0.3) is 0 Å². The summed E-state index contributed by atoms with van der Waals surface area (Å²) in [4.78, 5) is 18.3. The van der Waals surface area contributed by atoms with Gasteiger partial charge in [-0.3, -0.25) is 20.2 Å². The maximum absolute atomic E-state index is 13.4. The lowest BCUT2D eigenvalue weighted by atomic mass is 10.00. The van der Waals surface area contributed by atoms with Crippen LogP contribution in [0.5, 0.6) is 0 Å². The second kappa shape index (κ2) is 5.62. The topological polar surface area (TPSA) is 86.3 Å². The van der Waals surface area contributed by atoms with Crippen LogP contribution in [0.3, 0.4) is 0 Å². The van der Waals surface area contributed by atoms with Gasteiger partial charge in [0.15, 0.2) is 0 Å². The summed E-state index contributed by atoms with van der Waals surface area (Å²) in [7, 11) is 0. The smallest absolute Gasteiger partial charge is 0.258 e. The third-order valence-corrected chi connectivity index (χ3v) is 2.20. The lowest BCUT2D eigenvalue weighted by Gasteiger charge is -2.22. The third-order valence-electron chi connectivity index (χ3n) is 1.79. The molecule has 0 aromatic heterocycles. The number of nitrogens with zero attached hydrogens (tertiary/aromatic N) is 2. The molecule has 0 N–H and O–H groups in total. The van der Waals surface area contributed by atoms with Crippen molar-refractivity contribution in [1.29, 1.82) is 0 Å². The third kappa shape index (κ3) is 2.73. The van der Waals surface area contributed by atoms with E-state index >= 15 is 0 Å². The molecule has 1 rings (SSSR count). The Morgan fingerprint density at radius 3 is 1.71 bits per heavy atom. The first-order valence-electron chi connectivity index (χ1n) is 3.92. The Hall–Kier alpha value is -1.64. The van der Waals surface area contributed by atoms with E-state index in [1.54, 1.807) is 0 Å². The first-order valence-corrected chi connectivity index (χ1v) is 4.30. The molecule has 0 radical (unpaired) electrons. The fourth-order valence-corrected chi connectivity index (χ4v) is 1.31. The first-order chi connectivity index (χ1) is 7.76. The van der Waals surface area contributed by atoms with Crippen LogP contribution in [0.4, 0.5) is 13.2 Å². The SMILES string of the molecule is FCF.O=[N+]([O-])C1([N+](=O)[O-])C=CC=CC1(F)Cl. The molecule has 17 heavy (non-hydrogen) atoms. The molecule has 1 atom stereocenters. The fourth-order valence-electron chi connectivity index (χ4n) is 1.03. The van der Waals surface area contributed by atoms with E-state index in [0.29, 0.717) is 12.2 Å². The Kier molecular flexibility index (Phi) is 5.08. The van der Waals surface area contributed by atoms with Gasteiger partial charge in [0.1, 0.15) is 9.85 Å². The Labute approximate surface area is 97.7 Å². The number of halogens is 4. The Bertz CT molecular complexity index is 358. The zero-order valence-electron chi connectivity index (χ0n) is 8.06. The maximum Gasteiger partial charge on any atom is 0.527 e. The van der Waals surface area contributed by atoms with Crippen LogP contribution in [0.1, 0.15) is 0 Å². The number of alkyl halides is 4. The molecule has 0 aromatic carbocycles. The van der Waals surface area contributed by atoms with Gasteiger partial charge in [-0.15, -0.1) is 0 Å². The molecule has 0 amide bonds. The molecular formula is C7H6ClF3N2O4. The molecule has 1 aliphatic rings. The van der Waals surface area contributed by atoms with Crippen molar-refractivity contribution in [3.63, 3.8) is 0 Å². The van der Waals surface area contributed by atoms with E-state index in [0.717, 1.165) is 12.2 Å². The van der Waals surface area contributed by atoms with E-state index in [9.17, 15) is 33.4 Å². The summed E-state index contributed by atoms with van der Waals surface area (Å²) in [6.07, 6.45) is 3.16. The van der Waals surface area contributed by atoms with Crippen molar-refractivity contribution in [3.05, 3.63) is 44.5 Å². The molecule has 96 valence electrons. The second-order valence-electron chi connectivity index (χ2n) is 2.68. The molecule has 0 fully saturated rings. The summed E-state index contributed by atoms with van der Waals surface area (Å²) in [6.45, 7) is -1.75. The summed E-state index contributed by atoms with van der Waals surface area (Å²) in [5, 5.41) is 17.8. The van der Waals surface area contributed by atoms with Crippen LogP contribution in [0.15, 0.2) is 24.3 Å². The van der Waals surface area contributed by atoms with Crippen molar-refractivity contribution in [2.24, 2.45) is 0 Å². The minimum atomic E-state index is -3.16. The van der Waals surface area contributed by atoms with Gasteiger partial charge >= 0.3 is 10.8 Å². The van der Waals surface area contributed by atoms with Crippen molar-refractivity contribution in [2.45, 2.75) is 10.8 Å². The molecule has 1 unspecified atom stereocenters. The molecule has 0 aliphatic heterocycles. The fraction of sp³-hybridized carbons (Fsp3) is 0.429. The van der Waals surface area contributed by atoms with Crippen molar-refractivity contribution < 1.29 is 23.0 Å². The number of allylic oxidation sites excluding steroid dienone is 2. The lowest BCUT2D eigenvalue weighted by molar-refractivity contribution is -0.790. The van der Waals surface area contributed by atoms with E-state index in [2.05, 4.69) is 0 Å². The van der Waals surface area contributed by atoms with Crippen LogP contribution in [0.2, 0.25) is 0 Å².